The van der Waals surface area contributed by atoms with Crippen LogP contribution in [0.1, 0.15) is 27.9 Å². The van der Waals surface area contributed by atoms with Gasteiger partial charge in [-0.25, -0.2) is 0 Å². The minimum atomic E-state index is 0.487. The van der Waals surface area contributed by atoms with Crippen molar-refractivity contribution in [2.24, 2.45) is 5.73 Å². The summed E-state index contributed by atoms with van der Waals surface area (Å²) in [4.78, 5) is 0. The smallest absolute Gasteiger partial charge is 0.124 e. The summed E-state index contributed by atoms with van der Waals surface area (Å²) in [5.74, 6) is 0.947. The van der Waals surface area contributed by atoms with Gasteiger partial charge in [-0.05, 0) is 50.5 Å². The zero-order chi connectivity index (χ0) is 14.2. The van der Waals surface area contributed by atoms with Crippen LogP contribution >= 0.6 is 0 Å². The molecule has 4 nitrogen and oxygen atoms in total. The zero-order valence-corrected chi connectivity index (χ0v) is 12.2. The average Bonchev–Trinajstić information content (AvgIpc) is 2.75. The van der Waals surface area contributed by atoms with Crippen LogP contribution in [-0.4, -0.2) is 17.3 Å². The topological polar surface area (TPSA) is 63.9 Å². The predicted octanol–water partition coefficient (Wildman–Crippen LogP) is 2.78. The first kappa shape index (κ1) is 13.6. The summed E-state index contributed by atoms with van der Waals surface area (Å²) < 4.78 is 5.46. The quantitative estimate of drug-likeness (QED) is 0.890. The molecule has 0 saturated heterocycles. The maximum atomic E-state index is 5.83. The lowest BCUT2D eigenvalue weighted by Crippen LogP contribution is -2.01. The fourth-order valence-electron chi connectivity index (χ4n) is 2.54. The Morgan fingerprint density at radius 1 is 1.21 bits per heavy atom. The third-order valence-corrected chi connectivity index (χ3v) is 3.76. The summed E-state index contributed by atoms with van der Waals surface area (Å²) in [5.41, 5.74) is 13.5. The number of nitrogens with two attached hydrogens (primary N) is 1. The van der Waals surface area contributed by atoms with Crippen molar-refractivity contribution < 1.29 is 4.74 Å². The Labute approximate surface area is 114 Å². The van der Waals surface area contributed by atoms with Crippen LogP contribution in [0, 0.1) is 27.7 Å². The van der Waals surface area contributed by atoms with E-state index in [-0.39, 0.29) is 0 Å². The lowest BCUT2D eigenvalue weighted by atomic mass is 9.94. The third-order valence-electron chi connectivity index (χ3n) is 3.76. The number of benzene rings is 1. The normalized spacial score (nSPS) is 10.8. The summed E-state index contributed by atoms with van der Waals surface area (Å²) in [5, 5.41) is 7.43. The Morgan fingerprint density at radius 3 is 2.47 bits per heavy atom. The fraction of sp³-hybridized carbons (Fsp3) is 0.400. The number of rotatable bonds is 3. The molecule has 1 heterocycles. The molecule has 0 bridgehead atoms. The summed E-state index contributed by atoms with van der Waals surface area (Å²) in [6, 6.07) is 2.12. The second-order valence-electron chi connectivity index (χ2n) is 4.90. The summed E-state index contributed by atoms with van der Waals surface area (Å²) >= 11 is 0. The van der Waals surface area contributed by atoms with Crippen molar-refractivity contribution in [1.29, 1.82) is 0 Å². The molecule has 0 amide bonds. The van der Waals surface area contributed by atoms with E-state index < -0.39 is 0 Å². The van der Waals surface area contributed by atoms with E-state index in [1.54, 1.807) is 7.11 Å². The molecule has 19 heavy (non-hydrogen) atoms. The highest BCUT2D eigenvalue weighted by molar-refractivity contribution is 5.72. The molecule has 0 spiro atoms. The van der Waals surface area contributed by atoms with E-state index in [2.05, 4.69) is 37.0 Å². The standard InChI is InChI=1S/C15H21N3O/c1-8-6-12(9(2)10(3)15(8)19-5)14-13(7-16)11(4)17-18-14/h6H,7,16H2,1-5H3,(H,17,18). The van der Waals surface area contributed by atoms with E-state index >= 15 is 0 Å². The van der Waals surface area contributed by atoms with Crippen LogP contribution in [0.2, 0.25) is 0 Å². The molecule has 0 aliphatic heterocycles. The Balaban J connectivity index is 2.70. The Hall–Kier alpha value is -1.81. The largest absolute Gasteiger partial charge is 0.496 e. The fourth-order valence-corrected chi connectivity index (χ4v) is 2.54. The van der Waals surface area contributed by atoms with Gasteiger partial charge in [-0.2, -0.15) is 5.10 Å². The minimum Gasteiger partial charge on any atom is -0.496 e. The van der Waals surface area contributed by atoms with Gasteiger partial charge in [0, 0.05) is 23.4 Å². The highest BCUT2D eigenvalue weighted by atomic mass is 16.5. The number of aryl methyl sites for hydroxylation is 2. The lowest BCUT2D eigenvalue weighted by Gasteiger charge is -2.15. The molecule has 0 aliphatic carbocycles. The molecular weight excluding hydrogens is 238 g/mol. The minimum absolute atomic E-state index is 0.487. The van der Waals surface area contributed by atoms with Gasteiger partial charge in [-0.3, -0.25) is 5.10 Å². The van der Waals surface area contributed by atoms with Gasteiger partial charge in [0.1, 0.15) is 5.75 Å². The molecular formula is C15H21N3O. The average molecular weight is 259 g/mol. The van der Waals surface area contributed by atoms with Crippen LogP contribution in [0.5, 0.6) is 5.75 Å². The van der Waals surface area contributed by atoms with Crippen LogP contribution in [0.25, 0.3) is 11.3 Å². The van der Waals surface area contributed by atoms with Gasteiger partial charge in [-0.15, -0.1) is 0 Å². The SMILES string of the molecule is COc1c(C)cc(-c2n[nH]c(C)c2CN)c(C)c1C. The number of H-pyrrole nitrogens is 1. The number of aromatic nitrogens is 2. The molecule has 0 fully saturated rings. The molecule has 0 atom stereocenters. The van der Waals surface area contributed by atoms with E-state index in [0.717, 1.165) is 39.4 Å². The van der Waals surface area contributed by atoms with Crippen LogP contribution in [0.3, 0.4) is 0 Å². The van der Waals surface area contributed by atoms with Crippen LogP contribution < -0.4 is 10.5 Å². The number of hydrogen-bond acceptors (Lipinski definition) is 3. The van der Waals surface area contributed by atoms with E-state index in [1.165, 1.54) is 5.56 Å². The molecule has 0 radical (unpaired) electrons. The summed E-state index contributed by atoms with van der Waals surface area (Å²) in [6.45, 7) is 8.71. The second kappa shape index (κ2) is 5.05. The molecule has 3 N–H and O–H groups in total. The van der Waals surface area contributed by atoms with Gasteiger partial charge < -0.3 is 10.5 Å². The number of nitrogens with zero attached hydrogens (tertiary/aromatic N) is 1. The molecule has 0 saturated carbocycles. The van der Waals surface area contributed by atoms with Crippen LogP contribution in [0.15, 0.2) is 6.07 Å². The van der Waals surface area contributed by atoms with Crippen molar-refractivity contribution in [2.75, 3.05) is 7.11 Å². The maximum Gasteiger partial charge on any atom is 0.124 e. The number of aromatic amines is 1. The Kier molecular flexibility index (Phi) is 3.62. The first-order chi connectivity index (χ1) is 9.01. The summed E-state index contributed by atoms with van der Waals surface area (Å²) in [7, 11) is 1.71. The number of hydrogen-bond donors (Lipinski definition) is 2. The zero-order valence-electron chi connectivity index (χ0n) is 12.2. The highest BCUT2D eigenvalue weighted by Crippen LogP contribution is 2.35. The molecule has 1 aromatic carbocycles. The number of ether oxygens (including phenoxy) is 1. The number of methoxy groups -OCH3 is 1. The van der Waals surface area contributed by atoms with Crippen LogP contribution in [-0.2, 0) is 6.54 Å². The van der Waals surface area contributed by atoms with Gasteiger partial charge in [0.05, 0.1) is 12.8 Å². The van der Waals surface area contributed by atoms with Crippen molar-refractivity contribution in [1.82, 2.24) is 10.2 Å². The van der Waals surface area contributed by atoms with Gasteiger partial charge in [0.15, 0.2) is 0 Å². The van der Waals surface area contributed by atoms with Crippen molar-refractivity contribution >= 4 is 0 Å². The molecule has 1 aromatic heterocycles. The molecule has 102 valence electrons. The van der Waals surface area contributed by atoms with Crippen molar-refractivity contribution in [3.8, 4) is 17.0 Å². The predicted molar refractivity (Wildman–Crippen MR) is 77.4 cm³/mol. The van der Waals surface area contributed by atoms with E-state index in [1.807, 2.05) is 6.92 Å². The third kappa shape index (κ3) is 2.12. The summed E-state index contributed by atoms with van der Waals surface area (Å²) in [6.07, 6.45) is 0. The van der Waals surface area contributed by atoms with E-state index in [9.17, 15) is 0 Å². The van der Waals surface area contributed by atoms with Gasteiger partial charge in [0.25, 0.3) is 0 Å². The van der Waals surface area contributed by atoms with E-state index in [4.69, 9.17) is 10.5 Å². The van der Waals surface area contributed by atoms with E-state index in [0.29, 0.717) is 6.54 Å². The Morgan fingerprint density at radius 2 is 1.89 bits per heavy atom. The molecule has 4 heteroatoms. The molecule has 2 aromatic rings. The van der Waals surface area contributed by atoms with Crippen LogP contribution in [0.4, 0.5) is 0 Å². The second-order valence-corrected chi connectivity index (χ2v) is 4.90. The monoisotopic (exact) mass is 259 g/mol. The van der Waals surface area contributed by atoms with Crippen molar-refractivity contribution in [2.45, 2.75) is 34.2 Å². The Bertz CT molecular complexity index is 614. The lowest BCUT2D eigenvalue weighted by molar-refractivity contribution is 0.408. The first-order valence-electron chi connectivity index (χ1n) is 6.40. The van der Waals surface area contributed by atoms with Crippen molar-refractivity contribution in [3.05, 3.63) is 34.0 Å². The van der Waals surface area contributed by atoms with Gasteiger partial charge >= 0.3 is 0 Å². The van der Waals surface area contributed by atoms with Gasteiger partial charge in [-0.1, -0.05) is 0 Å². The number of nitrogens with one attached hydrogen (secondary N) is 1. The molecule has 0 unspecified atom stereocenters. The maximum absolute atomic E-state index is 5.83. The highest BCUT2D eigenvalue weighted by Gasteiger charge is 2.17. The first-order valence-corrected chi connectivity index (χ1v) is 6.40. The van der Waals surface area contributed by atoms with Gasteiger partial charge in [0.2, 0.25) is 0 Å². The molecule has 2 rings (SSSR count). The molecule has 0 aliphatic rings. The van der Waals surface area contributed by atoms with Crippen molar-refractivity contribution in [3.63, 3.8) is 0 Å².